The van der Waals surface area contributed by atoms with Crippen molar-refractivity contribution in [2.45, 2.75) is 26.2 Å². The van der Waals surface area contributed by atoms with Crippen LogP contribution < -0.4 is 0 Å². The lowest BCUT2D eigenvalue weighted by molar-refractivity contribution is 0.0668. The Balaban J connectivity index is 1.73. The van der Waals surface area contributed by atoms with E-state index in [0.717, 1.165) is 18.5 Å². The number of benzene rings is 1. The molecule has 1 aromatic carbocycles. The zero-order valence-corrected chi connectivity index (χ0v) is 16.5. The van der Waals surface area contributed by atoms with E-state index < -0.39 is 5.82 Å². The predicted octanol–water partition coefficient (Wildman–Crippen LogP) is 2.72. The van der Waals surface area contributed by atoms with Gasteiger partial charge < -0.3 is 9.80 Å². The monoisotopic (exact) mass is 384 g/mol. The minimum atomic E-state index is -0.493. The Bertz CT molecular complexity index is 884. The average molecular weight is 384 g/mol. The van der Waals surface area contributed by atoms with Gasteiger partial charge in [-0.15, -0.1) is 0 Å². The average Bonchev–Trinajstić information content (AvgIpc) is 2.67. The van der Waals surface area contributed by atoms with E-state index >= 15 is 0 Å². The van der Waals surface area contributed by atoms with Crippen LogP contribution in [-0.2, 0) is 6.42 Å². The first-order valence-corrected chi connectivity index (χ1v) is 9.45. The number of aryl methyl sites for hydroxylation is 1. The molecule has 0 N–H and O–H groups in total. The van der Waals surface area contributed by atoms with Gasteiger partial charge in [-0.3, -0.25) is 9.59 Å². The number of hydrogen-bond donors (Lipinski definition) is 0. The molecule has 28 heavy (non-hydrogen) atoms. The molecule has 0 unspecified atom stereocenters. The summed E-state index contributed by atoms with van der Waals surface area (Å²) < 4.78 is 14.0. The maximum Gasteiger partial charge on any atom is 0.272 e. The van der Waals surface area contributed by atoms with Crippen LogP contribution in [0.1, 0.15) is 45.2 Å². The number of aromatic nitrogens is 2. The van der Waals surface area contributed by atoms with Crippen molar-refractivity contribution in [3.8, 4) is 0 Å². The van der Waals surface area contributed by atoms with Crippen LogP contribution in [0.4, 0.5) is 4.39 Å². The Morgan fingerprint density at radius 3 is 2.71 bits per heavy atom. The molecule has 1 atom stereocenters. The van der Waals surface area contributed by atoms with Crippen LogP contribution in [0.15, 0.2) is 30.3 Å². The number of carbonyl (C=O) groups excluding carboxylic acids is 2. The summed E-state index contributed by atoms with van der Waals surface area (Å²) in [7, 11) is 3.37. The zero-order valence-electron chi connectivity index (χ0n) is 16.5. The van der Waals surface area contributed by atoms with E-state index in [-0.39, 0.29) is 23.3 Å². The van der Waals surface area contributed by atoms with E-state index in [4.69, 9.17) is 0 Å². The summed E-state index contributed by atoms with van der Waals surface area (Å²) in [4.78, 5) is 36.8. The fourth-order valence-electron chi connectivity index (χ4n) is 3.59. The molecule has 0 saturated carbocycles. The lowest BCUT2D eigenvalue weighted by atomic mass is 9.92. The normalized spacial score (nSPS) is 16.7. The first-order chi connectivity index (χ1) is 13.3. The van der Waals surface area contributed by atoms with Gasteiger partial charge in [0.05, 0.1) is 5.56 Å². The van der Waals surface area contributed by atoms with Gasteiger partial charge in [-0.2, -0.15) is 0 Å². The Morgan fingerprint density at radius 1 is 1.25 bits per heavy atom. The fourth-order valence-corrected chi connectivity index (χ4v) is 3.59. The summed E-state index contributed by atoms with van der Waals surface area (Å²) in [5.74, 6) is -0.163. The topological polar surface area (TPSA) is 66.4 Å². The number of hydrogen-bond acceptors (Lipinski definition) is 4. The van der Waals surface area contributed by atoms with Crippen LogP contribution in [0.2, 0.25) is 0 Å². The molecule has 0 radical (unpaired) electrons. The second-order valence-corrected chi connectivity index (χ2v) is 7.43. The van der Waals surface area contributed by atoms with Crippen molar-refractivity contribution >= 4 is 11.8 Å². The Hall–Kier alpha value is -2.83. The van der Waals surface area contributed by atoms with Crippen LogP contribution in [0.25, 0.3) is 0 Å². The van der Waals surface area contributed by atoms with E-state index in [1.807, 2.05) is 0 Å². The van der Waals surface area contributed by atoms with Crippen molar-refractivity contribution in [2.24, 2.45) is 5.92 Å². The van der Waals surface area contributed by atoms with Crippen molar-refractivity contribution in [2.75, 3.05) is 27.2 Å². The highest BCUT2D eigenvalue weighted by molar-refractivity contribution is 5.94. The van der Waals surface area contributed by atoms with Gasteiger partial charge in [-0.25, -0.2) is 14.4 Å². The number of piperidine rings is 1. The lowest BCUT2D eigenvalue weighted by Crippen LogP contribution is -2.41. The highest BCUT2D eigenvalue weighted by Crippen LogP contribution is 2.23. The largest absolute Gasteiger partial charge is 0.343 e. The molecule has 1 aliphatic rings. The number of likely N-dealkylation sites (tertiary alicyclic amines) is 1. The van der Waals surface area contributed by atoms with Crippen LogP contribution >= 0.6 is 0 Å². The van der Waals surface area contributed by atoms with Crippen molar-refractivity contribution in [3.63, 3.8) is 0 Å². The van der Waals surface area contributed by atoms with Gasteiger partial charge >= 0.3 is 0 Å². The number of halogens is 1. The molecule has 0 bridgehead atoms. The Labute approximate surface area is 164 Å². The molecule has 0 spiro atoms. The van der Waals surface area contributed by atoms with Crippen molar-refractivity contribution in [1.82, 2.24) is 19.8 Å². The van der Waals surface area contributed by atoms with Gasteiger partial charge in [0.2, 0.25) is 0 Å². The summed E-state index contributed by atoms with van der Waals surface area (Å²) in [5.41, 5.74) is 1.28. The Kier molecular flexibility index (Phi) is 6.02. The van der Waals surface area contributed by atoms with Gasteiger partial charge in [0.25, 0.3) is 11.8 Å². The second kappa shape index (κ2) is 8.46. The van der Waals surface area contributed by atoms with Crippen molar-refractivity contribution < 1.29 is 14.0 Å². The molecular weight excluding hydrogens is 359 g/mol. The third kappa shape index (κ3) is 4.52. The summed E-state index contributed by atoms with van der Waals surface area (Å²) >= 11 is 0. The molecule has 3 rings (SSSR count). The number of amides is 2. The van der Waals surface area contributed by atoms with Crippen LogP contribution in [0, 0.1) is 18.7 Å². The molecular formula is C21H25FN4O2. The third-order valence-electron chi connectivity index (χ3n) is 4.92. The SMILES string of the molecule is Cc1nc(C[C@@H]2CCCN(C(=O)c3ccccc3F)C2)cc(C(=O)N(C)C)n1. The van der Waals surface area contributed by atoms with E-state index in [1.165, 1.54) is 17.0 Å². The fraction of sp³-hybridized carbons (Fsp3) is 0.429. The molecule has 6 nitrogen and oxygen atoms in total. The molecule has 2 aromatic rings. The van der Waals surface area contributed by atoms with Gasteiger partial charge in [0.15, 0.2) is 0 Å². The number of nitrogens with zero attached hydrogens (tertiary/aromatic N) is 4. The minimum Gasteiger partial charge on any atom is -0.343 e. The van der Waals surface area contributed by atoms with Crippen molar-refractivity contribution in [1.29, 1.82) is 0 Å². The summed E-state index contributed by atoms with van der Waals surface area (Å²) in [6.07, 6.45) is 2.47. The van der Waals surface area contributed by atoms with Crippen molar-refractivity contribution in [3.05, 3.63) is 58.9 Å². The number of carbonyl (C=O) groups is 2. The quantitative estimate of drug-likeness (QED) is 0.813. The highest BCUT2D eigenvalue weighted by atomic mass is 19.1. The smallest absolute Gasteiger partial charge is 0.272 e. The molecule has 148 valence electrons. The van der Waals surface area contributed by atoms with Gasteiger partial charge in [-0.1, -0.05) is 12.1 Å². The van der Waals surface area contributed by atoms with E-state index in [0.29, 0.717) is 31.0 Å². The Morgan fingerprint density at radius 2 is 2.00 bits per heavy atom. The highest BCUT2D eigenvalue weighted by Gasteiger charge is 2.26. The molecule has 1 saturated heterocycles. The molecule has 2 amide bonds. The zero-order chi connectivity index (χ0) is 20.3. The maximum absolute atomic E-state index is 14.0. The van der Waals surface area contributed by atoms with Crippen LogP contribution in [-0.4, -0.2) is 58.8 Å². The molecule has 7 heteroatoms. The molecule has 1 fully saturated rings. The molecule has 1 aliphatic heterocycles. The summed E-state index contributed by atoms with van der Waals surface area (Å²) in [6.45, 7) is 2.94. The van der Waals surface area contributed by atoms with Crippen LogP contribution in [0.5, 0.6) is 0 Å². The van der Waals surface area contributed by atoms with Gasteiger partial charge in [-0.05, 0) is 50.3 Å². The summed E-state index contributed by atoms with van der Waals surface area (Å²) in [6, 6.07) is 7.81. The maximum atomic E-state index is 14.0. The van der Waals surface area contributed by atoms with E-state index in [2.05, 4.69) is 9.97 Å². The second-order valence-electron chi connectivity index (χ2n) is 7.43. The van der Waals surface area contributed by atoms with Gasteiger partial charge in [0, 0.05) is 32.9 Å². The minimum absolute atomic E-state index is 0.111. The number of rotatable bonds is 4. The lowest BCUT2D eigenvalue weighted by Gasteiger charge is -2.33. The first kappa shape index (κ1) is 19.9. The predicted molar refractivity (Wildman–Crippen MR) is 104 cm³/mol. The molecule has 2 heterocycles. The van der Waals surface area contributed by atoms with E-state index in [9.17, 15) is 14.0 Å². The van der Waals surface area contributed by atoms with E-state index in [1.54, 1.807) is 44.1 Å². The standard InChI is InChI=1S/C21H25FN4O2/c1-14-23-16(12-19(24-14)21(28)25(2)3)11-15-7-6-10-26(13-15)20(27)17-8-4-5-9-18(17)22/h4-5,8-9,12,15H,6-7,10-11,13H2,1-3H3/t15-/m0/s1. The first-order valence-electron chi connectivity index (χ1n) is 9.45. The summed E-state index contributed by atoms with van der Waals surface area (Å²) in [5, 5.41) is 0. The molecule has 1 aromatic heterocycles. The molecule has 0 aliphatic carbocycles. The van der Waals surface area contributed by atoms with Crippen LogP contribution in [0.3, 0.4) is 0 Å². The third-order valence-corrected chi connectivity index (χ3v) is 4.92. The van der Waals surface area contributed by atoms with Gasteiger partial charge in [0.1, 0.15) is 17.3 Å².